The lowest BCUT2D eigenvalue weighted by molar-refractivity contribution is -0.143. The number of nitrogens with one attached hydrogen (secondary N) is 1. The molecule has 0 fully saturated rings. The monoisotopic (exact) mass is 325 g/mol. The highest BCUT2D eigenvalue weighted by molar-refractivity contribution is 7.98. The van der Waals surface area contributed by atoms with Crippen LogP contribution in [0.4, 0.5) is 0 Å². The minimum Gasteiger partial charge on any atom is -0.480 e. The normalized spacial score (nSPS) is 13.1. The van der Waals surface area contributed by atoms with Crippen molar-refractivity contribution in [3.05, 3.63) is 35.9 Å². The second-order valence-electron chi connectivity index (χ2n) is 4.68. The van der Waals surface area contributed by atoms with E-state index >= 15 is 0 Å². The summed E-state index contributed by atoms with van der Waals surface area (Å²) in [6, 6.07) is 7.47. The molecule has 0 unspecified atom stereocenters. The van der Waals surface area contributed by atoms with Gasteiger partial charge < -0.3 is 21.9 Å². The minimum atomic E-state index is -1.35. The Balaban J connectivity index is 2.40. The highest BCUT2D eigenvalue weighted by Crippen LogP contribution is 2.12. The average Bonchev–Trinajstić information content (AvgIpc) is 2.46. The second kappa shape index (κ2) is 9.06. The van der Waals surface area contributed by atoms with Crippen molar-refractivity contribution in [2.24, 2.45) is 11.5 Å². The maximum Gasteiger partial charge on any atom is 0.326 e. The largest absolute Gasteiger partial charge is 0.480 e. The Bertz CT molecular complexity index is 524. The molecule has 7 nitrogen and oxygen atoms in total. The van der Waals surface area contributed by atoms with E-state index in [4.69, 9.17) is 16.6 Å². The smallest absolute Gasteiger partial charge is 0.326 e. The van der Waals surface area contributed by atoms with E-state index < -0.39 is 36.3 Å². The second-order valence-corrected chi connectivity index (χ2v) is 5.71. The van der Waals surface area contributed by atoms with Gasteiger partial charge in [-0.25, -0.2) is 4.79 Å². The Morgan fingerprint density at radius 1 is 1.23 bits per heavy atom. The van der Waals surface area contributed by atoms with Crippen molar-refractivity contribution in [2.75, 3.05) is 5.75 Å². The molecule has 0 aliphatic carbocycles. The van der Waals surface area contributed by atoms with E-state index in [1.165, 1.54) is 11.8 Å². The number of rotatable bonds is 9. The number of primary amides is 1. The van der Waals surface area contributed by atoms with Gasteiger partial charge in [-0.3, -0.25) is 9.59 Å². The third kappa shape index (κ3) is 6.59. The first-order valence-electron chi connectivity index (χ1n) is 6.59. The van der Waals surface area contributed by atoms with Crippen LogP contribution in [0.3, 0.4) is 0 Å². The number of hydrogen-bond acceptors (Lipinski definition) is 5. The Hall–Kier alpha value is -2.06. The van der Waals surface area contributed by atoms with Crippen molar-refractivity contribution in [1.29, 1.82) is 0 Å². The van der Waals surface area contributed by atoms with E-state index in [9.17, 15) is 14.4 Å². The first-order chi connectivity index (χ1) is 10.4. The zero-order valence-corrected chi connectivity index (χ0v) is 12.7. The number of nitrogens with two attached hydrogens (primary N) is 2. The van der Waals surface area contributed by atoms with Crippen molar-refractivity contribution >= 4 is 29.5 Å². The molecule has 2 atom stereocenters. The molecule has 8 heteroatoms. The van der Waals surface area contributed by atoms with E-state index in [1.807, 2.05) is 30.3 Å². The molecule has 0 radical (unpaired) electrons. The third-order valence-electron chi connectivity index (χ3n) is 2.77. The van der Waals surface area contributed by atoms with Crippen LogP contribution in [0, 0.1) is 0 Å². The molecule has 1 aromatic rings. The first kappa shape index (κ1) is 18.0. The van der Waals surface area contributed by atoms with Crippen LogP contribution >= 0.6 is 11.8 Å². The van der Waals surface area contributed by atoms with Gasteiger partial charge in [0.1, 0.15) is 6.04 Å². The number of carbonyl (C=O) groups is 3. The summed E-state index contributed by atoms with van der Waals surface area (Å²) in [6.45, 7) is 0. The Labute approximate surface area is 132 Å². The Kier molecular flexibility index (Phi) is 7.41. The zero-order chi connectivity index (χ0) is 16.5. The highest BCUT2D eigenvalue weighted by Gasteiger charge is 2.24. The van der Waals surface area contributed by atoms with Crippen molar-refractivity contribution in [2.45, 2.75) is 24.3 Å². The summed E-state index contributed by atoms with van der Waals surface area (Å²) >= 11 is 1.47. The number of amides is 2. The topological polar surface area (TPSA) is 136 Å². The van der Waals surface area contributed by atoms with Crippen LogP contribution in [0.15, 0.2) is 30.3 Å². The van der Waals surface area contributed by atoms with Gasteiger partial charge in [0.2, 0.25) is 11.8 Å². The highest BCUT2D eigenvalue weighted by atomic mass is 32.2. The maximum absolute atomic E-state index is 11.8. The molecule has 22 heavy (non-hydrogen) atoms. The molecule has 0 aromatic heterocycles. The molecule has 0 spiro atoms. The summed E-state index contributed by atoms with van der Waals surface area (Å²) < 4.78 is 0. The van der Waals surface area contributed by atoms with Crippen LogP contribution in [-0.4, -0.2) is 40.7 Å². The molecule has 1 rings (SSSR count). The van der Waals surface area contributed by atoms with E-state index in [-0.39, 0.29) is 0 Å². The summed E-state index contributed by atoms with van der Waals surface area (Å²) in [5, 5.41) is 11.1. The summed E-state index contributed by atoms with van der Waals surface area (Å²) in [6.07, 6.45) is -0.467. The average molecular weight is 325 g/mol. The molecule has 6 N–H and O–H groups in total. The van der Waals surface area contributed by atoms with Crippen LogP contribution in [0.5, 0.6) is 0 Å². The van der Waals surface area contributed by atoms with Gasteiger partial charge in [-0.15, -0.1) is 0 Å². The SMILES string of the molecule is NC(=O)C[C@H](NC(=O)[C@@H](N)CSCc1ccccc1)C(=O)O. The molecular weight excluding hydrogens is 306 g/mol. The fourth-order valence-electron chi connectivity index (χ4n) is 1.63. The molecule has 0 saturated heterocycles. The minimum absolute atomic E-state index is 0.337. The number of carboxylic acid groups (broad SMARTS) is 1. The molecular formula is C14H19N3O4S. The van der Waals surface area contributed by atoms with Crippen LogP contribution in [0.1, 0.15) is 12.0 Å². The van der Waals surface area contributed by atoms with Crippen molar-refractivity contribution in [3.8, 4) is 0 Å². The molecule has 120 valence electrons. The first-order valence-corrected chi connectivity index (χ1v) is 7.74. The van der Waals surface area contributed by atoms with Crippen LogP contribution < -0.4 is 16.8 Å². The summed E-state index contributed by atoms with van der Waals surface area (Å²) in [4.78, 5) is 33.5. The van der Waals surface area contributed by atoms with Gasteiger partial charge in [0, 0.05) is 11.5 Å². The van der Waals surface area contributed by atoms with Gasteiger partial charge in [-0.05, 0) is 5.56 Å². The summed E-state index contributed by atoms with van der Waals surface area (Å²) in [7, 11) is 0. The standard InChI is InChI=1S/C14H19N3O4S/c15-10(8-22-7-9-4-2-1-3-5-9)13(19)17-11(14(20)21)6-12(16)18/h1-5,10-11H,6-8,15H2,(H2,16,18)(H,17,19)(H,20,21)/t10-,11-/m0/s1. The lowest BCUT2D eigenvalue weighted by Gasteiger charge is -2.16. The lowest BCUT2D eigenvalue weighted by atomic mass is 10.2. The van der Waals surface area contributed by atoms with Crippen molar-refractivity contribution in [3.63, 3.8) is 0 Å². The molecule has 0 saturated carbocycles. The number of benzene rings is 1. The van der Waals surface area contributed by atoms with Crippen LogP contribution in [0.2, 0.25) is 0 Å². The predicted octanol–water partition coefficient (Wildman–Crippen LogP) is -0.308. The van der Waals surface area contributed by atoms with Crippen LogP contribution in [-0.2, 0) is 20.1 Å². The van der Waals surface area contributed by atoms with Crippen LogP contribution in [0.25, 0.3) is 0 Å². The van der Waals surface area contributed by atoms with Gasteiger partial charge in [0.05, 0.1) is 12.5 Å². The number of aliphatic carboxylic acids is 1. The third-order valence-corrected chi connectivity index (χ3v) is 3.90. The fourth-order valence-corrected chi connectivity index (χ4v) is 2.59. The summed E-state index contributed by atoms with van der Waals surface area (Å²) in [5.41, 5.74) is 11.8. The molecule has 0 heterocycles. The lowest BCUT2D eigenvalue weighted by Crippen LogP contribution is -2.50. The Morgan fingerprint density at radius 3 is 2.41 bits per heavy atom. The fraction of sp³-hybridized carbons (Fsp3) is 0.357. The molecule has 2 amide bonds. The molecule has 0 bridgehead atoms. The van der Waals surface area contributed by atoms with Crippen molar-refractivity contribution in [1.82, 2.24) is 5.32 Å². The van der Waals surface area contributed by atoms with E-state index in [0.717, 1.165) is 5.56 Å². The van der Waals surface area contributed by atoms with E-state index in [1.54, 1.807) is 0 Å². The predicted molar refractivity (Wildman–Crippen MR) is 84.0 cm³/mol. The summed E-state index contributed by atoms with van der Waals surface area (Å²) in [5.74, 6) is -1.71. The number of carbonyl (C=O) groups excluding carboxylic acids is 2. The van der Waals surface area contributed by atoms with E-state index in [0.29, 0.717) is 11.5 Å². The Morgan fingerprint density at radius 2 is 1.86 bits per heavy atom. The van der Waals surface area contributed by atoms with Gasteiger partial charge in [-0.2, -0.15) is 11.8 Å². The quantitative estimate of drug-likeness (QED) is 0.492. The van der Waals surface area contributed by atoms with E-state index in [2.05, 4.69) is 5.32 Å². The molecule has 1 aromatic carbocycles. The number of carboxylic acids is 1. The zero-order valence-electron chi connectivity index (χ0n) is 11.9. The number of thioether (sulfide) groups is 1. The molecule has 0 aliphatic heterocycles. The van der Waals surface area contributed by atoms with Gasteiger partial charge in [0.25, 0.3) is 0 Å². The van der Waals surface area contributed by atoms with Gasteiger partial charge in [-0.1, -0.05) is 30.3 Å². The van der Waals surface area contributed by atoms with Crippen molar-refractivity contribution < 1.29 is 19.5 Å². The van der Waals surface area contributed by atoms with Gasteiger partial charge in [0.15, 0.2) is 0 Å². The maximum atomic E-state index is 11.8. The number of hydrogen-bond donors (Lipinski definition) is 4. The molecule has 0 aliphatic rings. The van der Waals surface area contributed by atoms with Gasteiger partial charge >= 0.3 is 5.97 Å².